The first kappa shape index (κ1) is 18.9. The molecule has 30 heavy (non-hydrogen) atoms. The summed E-state index contributed by atoms with van der Waals surface area (Å²) in [4.78, 5) is 37.8. The predicted octanol–water partition coefficient (Wildman–Crippen LogP) is 3.69. The number of nitrogens with one attached hydrogen (secondary N) is 2. The molecule has 2 bridgehead atoms. The normalized spacial score (nSPS) is 28.3. The monoisotopic (exact) mass is 404 g/mol. The number of carbonyl (C=O) groups is 3. The van der Waals surface area contributed by atoms with Crippen molar-refractivity contribution in [2.45, 2.75) is 32.8 Å². The Morgan fingerprint density at radius 3 is 2.50 bits per heavy atom. The molecule has 0 spiro atoms. The molecule has 2 amide bonds. The van der Waals surface area contributed by atoms with Crippen LogP contribution in [0.25, 0.3) is 0 Å². The second-order valence-electron chi connectivity index (χ2n) is 8.82. The Morgan fingerprint density at radius 2 is 1.73 bits per heavy atom. The van der Waals surface area contributed by atoms with Gasteiger partial charge in [0.15, 0.2) is 0 Å². The molecule has 0 unspecified atom stereocenters. The van der Waals surface area contributed by atoms with Crippen molar-refractivity contribution in [2.24, 2.45) is 23.7 Å². The summed E-state index contributed by atoms with van der Waals surface area (Å²) in [5, 5.41) is 5.83. The van der Waals surface area contributed by atoms with E-state index in [-0.39, 0.29) is 47.6 Å². The van der Waals surface area contributed by atoms with Crippen molar-refractivity contribution >= 4 is 29.2 Å². The van der Waals surface area contributed by atoms with Gasteiger partial charge in [-0.2, -0.15) is 0 Å². The van der Waals surface area contributed by atoms with Gasteiger partial charge < -0.3 is 15.4 Å². The minimum Gasteiger partial charge on any atom is -0.462 e. The molecule has 2 saturated carbocycles. The third-order valence-electron chi connectivity index (χ3n) is 6.66. The number of esters is 1. The number of fused-ring (bicyclic) bond motifs is 1. The molecule has 5 atom stereocenters. The summed E-state index contributed by atoms with van der Waals surface area (Å²) in [7, 11) is 0. The fraction of sp³-hybridized carbons (Fsp3) is 0.375. The van der Waals surface area contributed by atoms with Crippen LogP contribution in [-0.2, 0) is 14.3 Å². The minimum absolute atomic E-state index is 0.00818. The quantitative estimate of drug-likeness (QED) is 0.761. The lowest BCUT2D eigenvalue weighted by atomic mass is 9.79. The standard InChI is InChI=1S/C24H24N2O4/c1-12-6-13(2)8-17(7-12)26-22(27)14-4-3-5-16(9-14)25-23(28)20-15-10-18-19(11-15)30-24(29)21(18)20/h3-9,15,18-21H,10-11H2,1-2H3,(H,25,28)(H,26,27)/t15-,18-,19+,20+,21-/m0/s1. The first-order valence-corrected chi connectivity index (χ1v) is 10.4. The molecule has 3 fully saturated rings. The third-order valence-corrected chi connectivity index (χ3v) is 6.66. The van der Waals surface area contributed by atoms with E-state index in [0.29, 0.717) is 11.3 Å². The summed E-state index contributed by atoms with van der Waals surface area (Å²) in [6.45, 7) is 3.97. The molecule has 6 heteroatoms. The van der Waals surface area contributed by atoms with Crippen molar-refractivity contribution in [3.05, 3.63) is 59.2 Å². The Hall–Kier alpha value is -3.15. The van der Waals surface area contributed by atoms with Crippen molar-refractivity contribution < 1.29 is 19.1 Å². The second kappa shape index (κ2) is 6.97. The second-order valence-corrected chi connectivity index (χ2v) is 8.82. The summed E-state index contributed by atoms with van der Waals surface area (Å²) in [5.74, 6) is -0.888. The molecule has 5 rings (SSSR count). The van der Waals surface area contributed by atoms with Crippen LogP contribution in [-0.4, -0.2) is 23.9 Å². The van der Waals surface area contributed by atoms with Gasteiger partial charge in [0.1, 0.15) is 6.10 Å². The van der Waals surface area contributed by atoms with E-state index < -0.39 is 0 Å². The highest BCUT2D eigenvalue weighted by atomic mass is 16.6. The van der Waals surface area contributed by atoms with E-state index in [0.717, 1.165) is 29.7 Å². The Bertz CT molecular complexity index is 1040. The molecule has 0 radical (unpaired) electrons. The van der Waals surface area contributed by atoms with Crippen molar-refractivity contribution in [2.75, 3.05) is 10.6 Å². The average molecular weight is 404 g/mol. The van der Waals surface area contributed by atoms with Gasteiger partial charge in [0.05, 0.1) is 11.8 Å². The molecular formula is C24H24N2O4. The van der Waals surface area contributed by atoms with Crippen molar-refractivity contribution in [1.29, 1.82) is 0 Å². The van der Waals surface area contributed by atoms with Crippen LogP contribution in [0.1, 0.15) is 34.3 Å². The summed E-state index contributed by atoms with van der Waals surface area (Å²) >= 11 is 0. The van der Waals surface area contributed by atoms with Crippen molar-refractivity contribution in [3.63, 3.8) is 0 Å². The third kappa shape index (κ3) is 3.16. The van der Waals surface area contributed by atoms with Crippen LogP contribution < -0.4 is 10.6 Å². The van der Waals surface area contributed by atoms with Gasteiger partial charge in [0.2, 0.25) is 5.91 Å². The van der Waals surface area contributed by atoms with E-state index in [1.165, 1.54) is 0 Å². The Kier molecular flexibility index (Phi) is 4.38. The van der Waals surface area contributed by atoms with E-state index in [1.807, 2.05) is 32.0 Å². The molecule has 6 nitrogen and oxygen atoms in total. The lowest BCUT2D eigenvalue weighted by Crippen LogP contribution is -2.35. The number of aryl methyl sites for hydroxylation is 2. The maximum Gasteiger partial charge on any atom is 0.310 e. The molecule has 2 aromatic rings. The Balaban J connectivity index is 1.30. The van der Waals surface area contributed by atoms with Gasteiger partial charge in [-0.1, -0.05) is 12.1 Å². The molecule has 1 aliphatic heterocycles. The van der Waals surface area contributed by atoms with Crippen LogP contribution in [0.2, 0.25) is 0 Å². The van der Waals surface area contributed by atoms with Crippen molar-refractivity contribution in [3.8, 4) is 0 Å². The average Bonchev–Trinajstić information content (AvgIpc) is 3.30. The number of benzene rings is 2. The Labute approximate surface area is 175 Å². The number of carbonyl (C=O) groups excluding carboxylic acids is 3. The van der Waals surface area contributed by atoms with Gasteiger partial charge in [0.25, 0.3) is 5.91 Å². The zero-order valence-corrected chi connectivity index (χ0v) is 17.0. The van der Waals surface area contributed by atoms with Gasteiger partial charge in [-0.3, -0.25) is 14.4 Å². The van der Waals surface area contributed by atoms with Gasteiger partial charge in [-0.25, -0.2) is 0 Å². The molecule has 1 heterocycles. The maximum atomic E-state index is 13.0. The van der Waals surface area contributed by atoms with Crippen LogP contribution in [0.5, 0.6) is 0 Å². The van der Waals surface area contributed by atoms with Crippen LogP contribution in [0.15, 0.2) is 42.5 Å². The summed E-state index contributed by atoms with van der Waals surface area (Å²) in [6.07, 6.45) is 1.68. The van der Waals surface area contributed by atoms with Gasteiger partial charge in [-0.15, -0.1) is 0 Å². The number of hydrogen-bond acceptors (Lipinski definition) is 4. The molecular weight excluding hydrogens is 380 g/mol. The molecule has 1 saturated heterocycles. The van der Waals surface area contributed by atoms with E-state index >= 15 is 0 Å². The summed E-state index contributed by atoms with van der Waals surface area (Å²) < 4.78 is 5.42. The summed E-state index contributed by atoms with van der Waals surface area (Å²) in [6, 6.07) is 12.8. The SMILES string of the molecule is Cc1cc(C)cc(NC(=O)c2cccc(NC(=O)[C@@H]3[C@H]4C[C@@H]5[C@@H]3C(=O)O[C@@H]5C4)c2)c1. The first-order valence-electron chi connectivity index (χ1n) is 10.4. The number of amides is 2. The molecule has 154 valence electrons. The zero-order valence-electron chi connectivity index (χ0n) is 17.0. The number of ether oxygens (including phenoxy) is 1. The van der Waals surface area contributed by atoms with Gasteiger partial charge in [0, 0.05) is 22.9 Å². The smallest absolute Gasteiger partial charge is 0.310 e. The number of anilines is 2. The molecule has 2 aromatic carbocycles. The van der Waals surface area contributed by atoms with Crippen LogP contribution in [0.4, 0.5) is 11.4 Å². The number of hydrogen-bond donors (Lipinski definition) is 2. The van der Waals surface area contributed by atoms with E-state index in [9.17, 15) is 14.4 Å². The minimum atomic E-state index is -0.339. The van der Waals surface area contributed by atoms with Crippen LogP contribution >= 0.6 is 0 Å². The lowest BCUT2D eigenvalue weighted by Gasteiger charge is -2.23. The van der Waals surface area contributed by atoms with E-state index in [4.69, 9.17) is 4.74 Å². The maximum absolute atomic E-state index is 13.0. The van der Waals surface area contributed by atoms with Gasteiger partial charge >= 0.3 is 5.97 Å². The largest absolute Gasteiger partial charge is 0.462 e. The highest BCUT2D eigenvalue weighted by Gasteiger charge is 2.63. The van der Waals surface area contributed by atoms with E-state index in [2.05, 4.69) is 10.6 Å². The first-order chi connectivity index (χ1) is 14.4. The topological polar surface area (TPSA) is 84.5 Å². The van der Waals surface area contributed by atoms with Crippen molar-refractivity contribution in [1.82, 2.24) is 0 Å². The molecule has 2 N–H and O–H groups in total. The summed E-state index contributed by atoms with van der Waals surface area (Å²) in [5.41, 5.74) is 3.90. The predicted molar refractivity (Wildman–Crippen MR) is 112 cm³/mol. The molecule has 3 aliphatic rings. The highest BCUT2D eigenvalue weighted by molar-refractivity contribution is 6.05. The molecule has 0 aromatic heterocycles. The Morgan fingerprint density at radius 1 is 0.967 bits per heavy atom. The number of rotatable bonds is 4. The fourth-order valence-corrected chi connectivity index (χ4v) is 5.58. The highest BCUT2D eigenvalue weighted by Crippen LogP contribution is 2.57. The zero-order chi connectivity index (χ0) is 21.0. The lowest BCUT2D eigenvalue weighted by molar-refractivity contribution is -0.145. The van der Waals surface area contributed by atoms with Crippen LogP contribution in [0, 0.1) is 37.5 Å². The van der Waals surface area contributed by atoms with E-state index in [1.54, 1.807) is 24.3 Å². The van der Waals surface area contributed by atoms with Gasteiger partial charge in [-0.05, 0) is 74.1 Å². The fourth-order valence-electron chi connectivity index (χ4n) is 5.58. The van der Waals surface area contributed by atoms with Crippen LogP contribution in [0.3, 0.4) is 0 Å². The molecule has 2 aliphatic carbocycles.